The Balaban J connectivity index is 3.56. The normalized spacial score (nSPS) is 12.6. The van der Waals surface area contributed by atoms with Gasteiger partial charge in [0.1, 0.15) is 0 Å². The lowest BCUT2D eigenvalue weighted by Crippen LogP contribution is -2.30. The second kappa shape index (κ2) is 54.5. The highest BCUT2D eigenvalue weighted by atomic mass is 16.4. The fourth-order valence-corrected chi connectivity index (χ4v) is 10.4. The zero-order chi connectivity index (χ0) is 46.5. The zero-order valence-electron chi connectivity index (χ0n) is 44.0. The minimum atomic E-state index is -0.915. The van der Waals surface area contributed by atoms with Gasteiger partial charge in [-0.15, -0.1) is 0 Å². The van der Waals surface area contributed by atoms with Crippen molar-refractivity contribution in [2.24, 2.45) is 11.8 Å². The number of carboxylic acids is 2. The summed E-state index contributed by atoms with van der Waals surface area (Å²) in [7, 11) is 0. The van der Waals surface area contributed by atoms with Crippen LogP contribution < -0.4 is 0 Å². The predicted octanol–water partition coefficient (Wildman–Crippen LogP) is 21.5. The first-order valence-corrected chi connectivity index (χ1v) is 30.0. The van der Waals surface area contributed by atoms with Crippen molar-refractivity contribution in [3.8, 4) is 0 Å². The van der Waals surface area contributed by atoms with Crippen molar-refractivity contribution in [1.29, 1.82) is 0 Å². The van der Waals surface area contributed by atoms with Crippen molar-refractivity contribution in [1.82, 2.24) is 0 Å². The van der Waals surface area contributed by atoms with Gasteiger partial charge in [0.15, 0.2) is 0 Å². The molecule has 0 aliphatic carbocycles. The first-order valence-electron chi connectivity index (χ1n) is 30.0. The third-order valence-corrected chi connectivity index (χ3v) is 14.9. The molecule has 0 spiro atoms. The Labute approximate surface area is 402 Å². The average molecular weight is 904 g/mol. The van der Waals surface area contributed by atoms with E-state index in [0.717, 1.165) is 38.5 Å². The number of unbranched alkanes of at least 4 members (excludes halogenated alkanes) is 50. The average Bonchev–Trinajstić information content (AvgIpc) is 3.28. The van der Waals surface area contributed by atoms with Crippen LogP contribution in [0.4, 0.5) is 0 Å². The standard InChI is InChI=1S/C60H118O4/c1-3-5-7-9-11-13-15-17-19-21-23-25-27-29-31-33-35-37-39-41-43-45-47-49-51-53-55-57(59(61)62)58(60(63)64)56-54-52-50-48-46-44-42-40-38-36-34-32-30-28-26-24-22-20-18-16-14-12-10-8-6-4-2/h57-58H,3-56H2,1-2H3,(H,61,62)(H,63,64). The maximum Gasteiger partial charge on any atom is 0.307 e. The van der Waals surface area contributed by atoms with Gasteiger partial charge in [-0.25, -0.2) is 0 Å². The van der Waals surface area contributed by atoms with Crippen LogP contribution in [-0.4, -0.2) is 22.2 Å². The van der Waals surface area contributed by atoms with E-state index in [9.17, 15) is 19.8 Å². The Hall–Kier alpha value is -1.06. The molecule has 0 aromatic heterocycles. The summed E-state index contributed by atoms with van der Waals surface area (Å²) in [5.74, 6) is -3.32. The number of carbonyl (C=O) groups is 2. The number of hydrogen-bond acceptors (Lipinski definition) is 2. The van der Waals surface area contributed by atoms with E-state index in [2.05, 4.69) is 13.8 Å². The van der Waals surface area contributed by atoms with Gasteiger partial charge >= 0.3 is 11.9 Å². The maximum absolute atomic E-state index is 12.1. The Morgan fingerprint density at radius 1 is 0.219 bits per heavy atom. The van der Waals surface area contributed by atoms with E-state index >= 15 is 0 Å². The van der Waals surface area contributed by atoms with Gasteiger partial charge in [0.25, 0.3) is 0 Å². The minimum Gasteiger partial charge on any atom is -0.481 e. The van der Waals surface area contributed by atoms with E-state index in [1.165, 1.54) is 295 Å². The highest BCUT2D eigenvalue weighted by molar-refractivity contribution is 5.79. The summed E-state index contributed by atoms with van der Waals surface area (Å²) in [6.45, 7) is 4.59. The molecule has 0 bridgehead atoms. The molecule has 0 fully saturated rings. The van der Waals surface area contributed by atoms with E-state index < -0.39 is 23.8 Å². The highest BCUT2D eigenvalue weighted by Crippen LogP contribution is 2.27. The van der Waals surface area contributed by atoms with Crippen LogP contribution in [0.3, 0.4) is 0 Å². The first-order chi connectivity index (χ1) is 31.5. The van der Waals surface area contributed by atoms with Gasteiger partial charge in [-0.3, -0.25) is 9.59 Å². The summed E-state index contributed by atoms with van der Waals surface area (Å²) in [5.41, 5.74) is 0. The topological polar surface area (TPSA) is 74.6 Å². The van der Waals surface area contributed by atoms with Crippen LogP contribution in [0.2, 0.25) is 0 Å². The largest absolute Gasteiger partial charge is 0.481 e. The Morgan fingerprint density at radius 2 is 0.328 bits per heavy atom. The molecule has 0 aliphatic rings. The van der Waals surface area contributed by atoms with Crippen LogP contribution >= 0.6 is 0 Å². The monoisotopic (exact) mass is 903 g/mol. The lowest BCUT2D eigenvalue weighted by atomic mass is 9.84. The smallest absolute Gasteiger partial charge is 0.307 e. The SMILES string of the molecule is CCCCCCCCCCCCCCCCCCCCCCCCCCCCC(C(=O)O)C(CCCCCCCCCCCCCCCCCCCCCCCCCCCC)C(=O)O. The van der Waals surface area contributed by atoms with Gasteiger partial charge in [0, 0.05) is 0 Å². The lowest BCUT2D eigenvalue weighted by Gasteiger charge is -2.20. The Kier molecular flexibility index (Phi) is 53.6. The van der Waals surface area contributed by atoms with E-state index in [0.29, 0.717) is 12.8 Å². The summed E-state index contributed by atoms with van der Waals surface area (Å²) in [4.78, 5) is 24.2. The van der Waals surface area contributed by atoms with Crippen LogP contribution in [0, 0.1) is 11.8 Å². The van der Waals surface area contributed by atoms with Gasteiger partial charge in [0.2, 0.25) is 0 Å². The fourth-order valence-electron chi connectivity index (χ4n) is 10.4. The van der Waals surface area contributed by atoms with Gasteiger partial charge in [-0.2, -0.15) is 0 Å². The van der Waals surface area contributed by atoms with Crippen LogP contribution in [-0.2, 0) is 9.59 Å². The van der Waals surface area contributed by atoms with E-state index in [1.54, 1.807) is 0 Å². The van der Waals surface area contributed by atoms with E-state index in [-0.39, 0.29) is 0 Å². The number of rotatable bonds is 57. The predicted molar refractivity (Wildman–Crippen MR) is 283 cm³/mol. The molecule has 0 amide bonds. The van der Waals surface area contributed by atoms with Crippen molar-refractivity contribution in [3.63, 3.8) is 0 Å². The number of carboxylic acid groups (broad SMARTS) is 2. The molecule has 0 aromatic carbocycles. The van der Waals surface area contributed by atoms with Crippen molar-refractivity contribution in [2.75, 3.05) is 0 Å². The molecule has 4 nitrogen and oxygen atoms in total. The van der Waals surface area contributed by atoms with E-state index in [1.807, 2.05) is 0 Å². The van der Waals surface area contributed by atoms with Gasteiger partial charge in [0.05, 0.1) is 11.8 Å². The molecule has 0 heterocycles. The van der Waals surface area contributed by atoms with Gasteiger partial charge in [-0.1, -0.05) is 348 Å². The molecule has 64 heavy (non-hydrogen) atoms. The van der Waals surface area contributed by atoms with Crippen molar-refractivity contribution in [2.45, 2.75) is 361 Å². The maximum atomic E-state index is 12.1. The molecule has 0 saturated heterocycles. The molecule has 2 unspecified atom stereocenters. The summed E-state index contributed by atoms with van der Waals surface area (Å²) in [6.07, 6.45) is 71.7. The van der Waals surface area contributed by atoms with Gasteiger partial charge in [-0.05, 0) is 12.8 Å². The molecule has 0 aliphatic heterocycles. The fraction of sp³-hybridized carbons (Fsp3) is 0.967. The van der Waals surface area contributed by atoms with Crippen LogP contribution in [0.25, 0.3) is 0 Å². The van der Waals surface area contributed by atoms with Crippen LogP contribution in [0.5, 0.6) is 0 Å². The quantitative estimate of drug-likeness (QED) is 0.0597. The second-order valence-electron chi connectivity index (χ2n) is 21.1. The van der Waals surface area contributed by atoms with Crippen LogP contribution in [0.15, 0.2) is 0 Å². The first kappa shape index (κ1) is 62.9. The molecule has 0 saturated carbocycles. The summed E-state index contributed by atoms with van der Waals surface area (Å²) in [6, 6.07) is 0. The zero-order valence-corrected chi connectivity index (χ0v) is 44.0. The van der Waals surface area contributed by atoms with Gasteiger partial charge < -0.3 is 10.2 Å². The minimum absolute atomic E-state index is 0.505. The molecule has 0 aromatic rings. The molecule has 0 radical (unpaired) electrons. The summed E-state index contributed by atoms with van der Waals surface area (Å²) < 4.78 is 0. The third-order valence-electron chi connectivity index (χ3n) is 14.9. The lowest BCUT2D eigenvalue weighted by molar-refractivity contribution is -0.154. The Morgan fingerprint density at radius 3 is 0.438 bits per heavy atom. The highest BCUT2D eigenvalue weighted by Gasteiger charge is 2.32. The molecule has 0 rings (SSSR count). The molecular formula is C60H118O4. The number of aliphatic carboxylic acids is 2. The number of hydrogen-bond donors (Lipinski definition) is 2. The summed E-state index contributed by atoms with van der Waals surface area (Å²) in [5, 5.41) is 19.8. The van der Waals surface area contributed by atoms with Crippen molar-refractivity contribution >= 4 is 11.9 Å². The van der Waals surface area contributed by atoms with Crippen molar-refractivity contribution < 1.29 is 19.8 Å². The van der Waals surface area contributed by atoms with E-state index in [4.69, 9.17) is 0 Å². The van der Waals surface area contributed by atoms with Crippen molar-refractivity contribution in [3.05, 3.63) is 0 Å². The third kappa shape index (κ3) is 48.9. The second-order valence-corrected chi connectivity index (χ2v) is 21.1. The molecule has 2 N–H and O–H groups in total. The summed E-state index contributed by atoms with van der Waals surface area (Å²) >= 11 is 0. The molecule has 2 atom stereocenters. The Bertz CT molecular complexity index is 830. The molecule has 382 valence electrons. The van der Waals surface area contributed by atoms with Crippen LogP contribution in [0.1, 0.15) is 361 Å². The molecule has 4 heteroatoms. The molecular weight excluding hydrogens is 785 g/mol.